The summed E-state index contributed by atoms with van der Waals surface area (Å²) in [6.45, 7) is 0. The van der Waals surface area contributed by atoms with E-state index < -0.39 is 31.0 Å². The number of hydrogen-bond acceptors (Lipinski definition) is 6. The van der Waals surface area contributed by atoms with Crippen molar-refractivity contribution in [3.63, 3.8) is 0 Å². The van der Waals surface area contributed by atoms with Crippen LogP contribution in [0.1, 0.15) is 12.8 Å². The molecule has 2 atom stereocenters. The van der Waals surface area contributed by atoms with Crippen LogP contribution in [-0.2, 0) is 19.7 Å². The molecule has 1 aliphatic heterocycles. The van der Waals surface area contributed by atoms with E-state index in [0.29, 0.717) is 6.04 Å². The summed E-state index contributed by atoms with van der Waals surface area (Å²) >= 11 is 1.14. The van der Waals surface area contributed by atoms with E-state index in [0.717, 1.165) is 24.2 Å². The molecule has 1 saturated heterocycles. The molecule has 8 heteroatoms. The first-order valence-electron chi connectivity index (χ1n) is 6.12. The molecule has 1 N–H and O–H groups in total. The summed E-state index contributed by atoms with van der Waals surface area (Å²) in [5.74, 6) is -0.337. The fourth-order valence-corrected chi connectivity index (χ4v) is 8.31. The lowest BCUT2D eigenvalue weighted by molar-refractivity contribution is 0.525. The quantitative estimate of drug-likeness (QED) is 0.870. The van der Waals surface area contributed by atoms with Crippen LogP contribution in [0.15, 0.2) is 21.7 Å². The van der Waals surface area contributed by atoms with Gasteiger partial charge in [-0.25, -0.2) is 16.8 Å². The highest BCUT2D eigenvalue weighted by atomic mass is 32.2. The Morgan fingerprint density at radius 3 is 2.58 bits per heavy atom. The SMILES string of the molecule is O=S1(=O)CC(NC2CC2)C(S(=O)(=O)c2cccs2)C1. The minimum atomic E-state index is -3.56. The Kier molecular flexibility index (Phi) is 3.24. The average Bonchev–Trinajstić information content (AvgIpc) is 2.85. The first-order valence-corrected chi connectivity index (χ1v) is 10.4. The molecular formula is C11H15NO4S3. The molecule has 1 saturated carbocycles. The Hall–Kier alpha value is -0.440. The minimum absolute atomic E-state index is 0.0707. The lowest BCUT2D eigenvalue weighted by Crippen LogP contribution is -2.44. The van der Waals surface area contributed by atoms with Gasteiger partial charge in [0.1, 0.15) is 4.21 Å². The first-order chi connectivity index (χ1) is 8.88. The number of sulfone groups is 2. The lowest BCUT2D eigenvalue weighted by Gasteiger charge is -2.18. The standard InChI is InChI=1S/C11H15NO4S3/c13-18(14)6-9(12-8-3-4-8)10(7-18)19(15,16)11-2-1-5-17-11/h1-2,5,8-10,12H,3-4,6-7H2. The molecule has 19 heavy (non-hydrogen) atoms. The van der Waals surface area contributed by atoms with Gasteiger partial charge in [-0.3, -0.25) is 0 Å². The summed E-state index contributed by atoms with van der Waals surface area (Å²) in [6, 6.07) is 3.03. The summed E-state index contributed by atoms with van der Waals surface area (Å²) in [4.78, 5) is 0. The van der Waals surface area contributed by atoms with Crippen LogP contribution >= 0.6 is 11.3 Å². The molecule has 0 spiro atoms. The Morgan fingerprint density at radius 1 is 1.26 bits per heavy atom. The van der Waals surface area contributed by atoms with Crippen LogP contribution in [0.2, 0.25) is 0 Å². The fourth-order valence-electron chi connectivity index (χ4n) is 2.40. The zero-order chi connectivity index (χ0) is 13.7. The van der Waals surface area contributed by atoms with Gasteiger partial charge in [0.05, 0.1) is 16.8 Å². The Bertz CT molecular complexity index is 659. The smallest absolute Gasteiger partial charge is 0.193 e. The van der Waals surface area contributed by atoms with E-state index in [1.165, 1.54) is 0 Å². The molecule has 2 fully saturated rings. The summed E-state index contributed by atoms with van der Waals surface area (Å²) in [7, 11) is -6.83. The van der Waals surface area contributed by atoms with E-state index in [2.05, 4.69) is 5.32 Å². The fraction of sp³-hybridized carbons (Fsp3) is 0.636. The summed E-state index contributed by atoms with van der Waals surface area (Å²) in [5, 5.41) is 4.02. The Labute approximate surface area is 116 Å². The predicted octanol–water partition coefficient (Wildman–Crippen LogP) is 0.439. The lowest BCUT2D eigenvalue weighted by atomic mass is 10.2. The molecule has 1 aliphatic carbocycles. The van der Waals surface area contributed by atoms with Crippen LogP contribution in [0.4, 0.5) is 0 Å². The third kappa shape index (κ3) is 2.72. The molecule has 2 heterocycles. The molecular weight excluding hydrogens is 306 g/mol. The third-order valence-corrected chi connectivity index (χ3v) is 9.08. The van der Waals surface area contributed by atoms with Crippen molar-refractivity contribution in [2.24, 2.45) is 0 Å². The van der Waals surface area contributed by atoms with Crippen molar-refractivity contribution in [3.05, 3.63) is 17.5 Å². The second-order valence-electron chi connectivity index (χ2n) is 5.14. The van der Waals surface area contributed by atoms with Crippen LogP contribution in [0.5, 0.6) is 0 Å². The minimum Gasteiger partial charge on any atom is -0.309 e. The molecule has 0 bridgehead atoms. The number of hydrogen-bond donors (Lipinski definition) is 1. The van der Waals surface area contributed by atoms with Gasteiger partial charge >= 0.3 is 0 Å². The monoisotopic (exact) mass is 321 g/mol. The molecule has 5 nitrogen and oxygen atoms in total. The number of thiophene rings is 1. The highest BCUT2D eigenvalue weighted by Gasteiger charge is 2.47. The van der Waals surface area contributed by atoms with Crippen molar-refractivity contribution in [1.82, 2.24) is 5.32 Å². The predicted molar refractivity (Wildman–Crippen MR) is 73.9 cm³/mol. The third-order valence-electron chi connectivity index (χ3n) is 3.50. The van der Waals surface area contributed by atoms with Crippen LogP contribution in [-0.4, -0.2) is 45.7 Å². The molecule has 2 unspecified atom stereocenters. The van der Waals surface area contributed by atoms with Gasteiger partial charge in [-0.15, -0.1) is 11.3 Å². The van der Waals surface area contributed by atoms with Crippen molar-refractivity contribution in [2.45, 2.75) is 34.4 Å². The number of nitrogens with one attached hydrogen (secondary N) is 1. The van der Waals surface area contributed by atoms with E-state index in [1.54, 1.807) is 17.5 Å². The highest BCUT2D eigenvalue weighted by Crippen LogP contribution is 2.30. The molecule has 1 aromatic rings. The summed E-state index contributed by atoms with van der Waals surface area (Å²) < 4.78 is 48.8. The maximum absolute atomic E-state index is 12.5. The second kappa shape index (κ2) is 4.54. The molecule has 0 aromatic carbocycles. The Balaban J connectivity index is 1.92. The second-order valence-corrected chi connectivity index (χ2v) is 10.6. The normalized spacial score (nSPS) is 30.5. The Morgan fingerprint density at radius 2 is 2.00 bits per heavy atom. The topological polar surface area (TPSA) is 80.3 Å². The van der Waals surface area contributed by atoms with Gasteiger partial charge in [-0.05, 0) is 24.3 Å². The molecule has 106 valence electrons. The zero-order valence-corrected chi connectivity index (χ0v) is 12.6. The van der Waals surface area contributed by atoms with E-state index in [4.69, 9.17) is 0 Å². The van der Waals surface area contributed by atoms with Gasteiger partial charge in [0, 0.05) is 12.1 Å². The van der Waals surface area contributed by atoms with E-state index in [9.17, 15) is 16.8 Å². The molecule has 0 radical (unpaired) electrons. The molecule has 1 aromatic heterocycles. The summed E-state index contributed by atoms with van der Waals surface area (Å²) in [6.07, 6.45) is 2.00. The summed E-state index contributed by atoms with van der Waals surface area (Å²) in [5.41, 5.74) is 0. The van der Waals surface area contributed by atoms with Gasteiger partial charge in [0.25, 0.3) is 0 Å². The van der Waals surface area contributed by atoms with Gasteiger partial charge in [0.2, 0.25) is 0 Å². The van der Waals surface area contributed by atoms with Gasteiger partial charge < -0.3 is 5.32 Å². The molecule has 2 aliphatic rings. The van der Waals surface area contributed by atoms with Crippen molar-refractivity contribution >= 4 is 31.0 Å². The van der Waals surface area contributed by atoms with Crippen molar-refractivity contribution < 1.29 is 16.8 Å². The van der Waals surface area contributed by atoms with Crippen molar-refractivity contribution in [3.8, 4) is 0 Å². The van der Waals surface area contributed by atoms with Gasteiger partial charge in [-0.1, -0.05) is 6.07 Å². The first kappa shape index (κ1) is 13.5. The maximum atomic E-state index is 12.5. The van der Waals surface area contributed by atoms with Crippen LogP contribution in [0.3, 0.4) is 0 Å². The van der Waals surface area contributed by atoms with E-state index >= 15 is 0 Å². The van der Waals surface area contributed by atoms with Gasteiger partial charge in [-0.2, -0.15) is 0 Å². The van der Waals surface area contributed by atoms with Crippen molar-refractivity contribution in [1.29, 1.82) is 0 Å². The van der Waals surface area contributed by atoms with E-state index in [1.807, 2.05) is 0 Å². The zero-order valence-electron chi connectivity index (χ0n) is 10.2. The van der Waals surface area contributed by atoms with Crippen molar-refractivity contribution in [2.75, 3.05) is 11.5 Å². The van der Waals surface area contributed by atoms with Crippen LogP contribution in [0, 0.1) is 0 Å². The highest BCUT2D eigenvalue weighted by molar-refractivity contribution is 7.97. The maximum Gasteiger partial charge on any atom is 0.193 e. The molecule has 3 rings (SSSR count). The molecule has 0 amide bonds. The number of rotatable bonds is 4. The van der Waals surface area contributed by atoms with Gasteiger partial charge in [0.15, 0.2) is 19.7 Å². The van der Waals surface area contributed by atoms with Crippen LogP contribution < -0.4 is 5.32 Å². The van der Waals surface area contributed by atoms with Crippen LogP contribution in [0.25, 0.3) is 0 Å². The largest absolute Gasteiger partial charge is 0.309 e. The average molecular weight is 321 g/mol. The van der Waals surface area contributed by atoms with E-state index in [-0.39, 0.29) is 15.7 Å².